The van der Waals surface area contributed by atoms with Crippen LogP contribution in [-0.4, -0.2) is 69.2 Å². The number of hydrogen-bond donors (Lipinski definition) is 3. The van der Waals surface area contributed by atoms with Crippen molar-refractivity contribution in [3.05, 3.63) is 0 Å². The van der Waals surface area contributed by atoms with E-state index in [1.54, 1.807) is 0 Å². The molecule has 0 radical (unpaired) electrons. The van der Waals surface area contributed by atoms with Crippen LogP contribution in [0.25, 0.3) is 0 Å². The highest BCUT2D eigenvalue weighted by atomic mass is 16.5. The predicted octanol–water partition coefficient (Wildman–Crippen LogP) is 1.87. The van der Waals surface area contributed by atoms with Gasteiger partial charge < -0.3 is 26.0 Å². The molecule has 0 atom stereocenters. The molecule has 0 aromatic carbocycles. The molecule has 28 heavy (non-hydrogen) atoms. The summed E-state index contributed by atoms with van der Waals surface area (Å²) >= 11 is 0. The number of aliphatic imine (C=N–C) groups is 1. The third kappa shape index (κ3) is 9.24. The molecule has 2 rings (SSSR count). The van der Waals surface area contributed by atoms with Crippen molar-refractivity contribution in [1.29, 1.82) is 0 Å². The van der Waals surface area contributed by atoms with Crippen molar-refractivity contribution in [3.8, 4) is 0 Å². The first-order chi connectivity index (χ1) is 13.7. The van der Waals surface area contributed by atoms with Crippen LogP contribution in [0.4, 0.5) is 0 Å². The van der Waals surface area contributed by atoms with Gasteiger partial charge >= 0.3 is 0 Å². The van der Waals surface area contributed by atoms with Gasteiger partial charge in [-0.25, -0.2) is 0 Å². The number of hydrogen-bond acceptors (Lipinski definition) is 4. The molecule has 0 aromatic heterocycles. The van der Waals surface area contributed by atoms with E-state index in [-0.39, 0.29) is 11.8 Å². The standard InChI is InChI=1S/C21H41N5O2/c1-23-21(25-13-7-17-28-19-8-3-2-4-9-19)24-12-5-6-14-26-15-10-18(11-16-26)20(22)27/h18-19H,2-17H2,1H3,(H2,22,27)(H2,23,24,25). The summed E-state index contributed by atoms with van der Waals surface area (Å²) in [7, 11) is 1.82. The van der Waals surface area contributed by atoms with Crippen molar-refractivity contribution in [3.63, 3.8) is 0 Å². The summed E-state index contributed by atoms with van der Waals surface area (Å²) in [5.41, 5.74) is 5.39. The molecule has 162 valence electrons. The Bertz CT molecular complexity index is 458. The lowest BCUT2D eigenvalue weighted by molar-refractivity contribution is -0.123. The largest absolute Gasteiger partial charge is 0.378 e. The summed E-state index contributed by atoms with van der Waals surface area (Å²) in [6.07, 6.45) is 12.1. The molecule has 0 aromatic rings. The molecule has 1 amide bonds. The average Bonchev–Trinajstić information content (AvgIpc) is 2.73. The Balaban J connectivity index is 1.42. The van der Waals surface area contributed by atoms with Crippen LogP contribution in [-0.2, 0) is 9.53 Å². The zero-order valence-corrected chi connectivity index (χ0v) is 17.8. The van der Waals surface area contributed by atoms with Gasteiger partial charge in [-0.15, -0.1) is 0 Å². The van der Waals surface area contributed by atoms with Crippen LogP contribution in [0.15, 0.2) is 4.99 Å². The van der Waals surface area contributed by atoms with E-state index in [4.69, 9.17) is 10.5 Å². The Morgan fingerprint density at radius 3 is 2.36 bits per heavy atom. The minimum atomic E-state index is -0.136. The topological polar surface area (TPSA) is 92.0 Å². The molecule has 1 saturated heterocycles. The molecule has 2 fully saturated rings. The van der Waals surface area contributed by atoms with Gasteiger partial charge in [0.05, 0.1) is 6.10 Å². The third-order valence-electron chi connectivity index (χ3n) is 5.93. The number of unbranched alkanes of at least 4 members (excludes halogenated alkanes) is 1. The van der Waals surface area contributed by atoms with Gasteiger partial charge in [0.2, 0.25) is 5.91 Å². The lowest BCUT2D eigenvalue weighted by atomic mass is 9.96. The van der Waals surface area contributed by atoms with Gasteiger partial charge in [-0.1, -0.05) is 19.3 Å². The molecule has 4 N–H and O–H groups in total. The summed E-state index contributed by atoms with van der Waals surface area (Å²) in [4.78, 5) is 17.9. The maximum atomic E-state index is 11.2. The van der Waals surface area contributed by atoms with E-state index in [9.17, 15) is 4.79 Å². The minimum Gasteiger partial charge on any atom is -0.378 e. The number of carbonyl (C=O) groups excluding carboxylic acids is 1. The molecule has 1 saturated carbocycles. The Labute approximate surface area is 170 Å². The minimum absolute atomic E-state index is 0.0837. The third-order valence-corrected chi connectivity index (χ3v) is 5.93. The first-order valence-corrected chi connectivity index (χ1v) is 11.3. The molecular weight excluding hydrogens is 354 g/mol. The van der Waals surface area contributed by atoms with Crippen LogP contribution in [0.2, 0.25) is 0 Å². The second-order valence-corrected chi connectivity index (χ2v) is 8.14. The van der Waals surface area contributed by atoms with Gasteiger partial charge in [-0.3, -0.25) is 9.79 Å². The Hall–Kier alpha value is -1.34. The van der Waals surface area contributed by atoms with Gasteiger partial charge in [0.1, 0.15) is 0 Å². The van der Waals surface area contributed by atoms with E-state index in [1.807, 2.05) is 7.05 Å². The molecular formula is C21H41N5O2. The van der Waals surface area contributed by atoms with Crippen LogP contribution < -0.4 is 16.4 Å². The number of piperidine rings is 1. The van der Waals surface area contributed by atoms with E-state index < -0.39 is 0 Å². The number of nitrogens with zero attached hydrogens (tertiary/aromatic N) is 2. The van der Waals surface area contributed by atoms with Gasteiger partial charge in [-0.2, -0.15) is 0 Å². The zero-order chi connectivity index (χ0) is 20.0. The van der Waals surface area contributed by atoms with Crippen LogP contribution in [0.5, 0.6) is 0 Å². The highest BCUT2D eigenvalue weighted by Gasteiger charge is 2.22. The van der Waals surface area contributed by atoms with Crippen LogP contribution >= 0.6 is 0 Å². The Morgan fingerprint density at radius 2 is 1.71 bits per heavy atom. The number of likely N-dealkylation sites (tertiary alicyclic amines) is 1. The molecule has 0 spiro atoms. The quantitative estimate of drug-likeness (QED) is 0.282. The second-order valence-electron chi connectivity index (χ2n) is 8.14. The molecule has 1 heterocycles. The Morgan fingerprint density at radius 1 is 1.04 bits per heavy atom. The number of primary amides is 1. The molecule has 7 nitrogen and oxygen atoms in total. The number of guanidine groups is 1. The molecule has 1 aliphatic carbocycles. The van der Waals surface area contributed by atoms with Gasteiger partial charge in [0.15, 0.2) is 5.96 Å². The smallest absolute Gasteiger partial charge is 0.220 e. The normalized spacial score (nSPS) is 20.2. The lowest BCUT2D eigenvalue weighted by Crippen LogP contribution is -2.40. The maximum Gasteiger partial charge on any atom is 0.220 e. The van der Waals surface area contributed by atoms with E-state index in [1.165, 1.54) is 32.1 Å². The molecule has 0 unspecified atom stereocenters. The van der Waals surface area contributed by atoms with Crippen molar-refractivity contribution in [1.82, 2.24) is 15.5 Å². The number of carbonyl (C=O) groups is 1. The van der Waals surface area contributed by atoms with Crippen LogP contribution in [0.3, 0.4) is 0 Å². The number of nitrogens with two attached hydrogens (primary N) is 1. The van der Waals surface area contributed by atoms with Gasteiger partial charge in [0.25, 0.3) is 0 Å². The van der Waals surface area contributed by atoms with E-state index in [0.717, 1.165) is 77.4 Å². The molecule has 1 aliphatic heterocycles. The number of nitrogens with one attached hydrogen (secondary N) is 2. The first kappa shape index (κ1) is 22.9. The fourth-order valence-corrected chi connectivity index (χ4v) is 4.09. The van der Waals surface area contributed by atoms with Crippen molar-refractivity contribution < 1.29 is 9.53 Å². The van der Waals surface area contributed by atoms with E-state index in [0.29, 0.717) is 6.10 Å². The fraction of sp³-hybridized carbons (Fsp3) is 0.905. The SMILES string of the molecule is CN=C(NCCCCN1CCC(C(N)=O)CC1)NCCCOC1CCCCC1. The monoisotopic (exact) mass is 395 g/mol. The predicted molar refractivity (Wildman–Crippen MR) is 114 cm³/mol. The van der Waals surface area contributed by atoms with Crippen molar-refractivity contribution in [2.45, 2.75) is 70.3 Å². The average molecular weight is 396 g/mol. The summed E-state index contributed by atoms with van der Waals surface area (Å²) in [5, 5.41) is 6.76. The summed E-state index contributed by atoms with van der Waals surface area (Å²) in [6, 6.07) is 0. The maximum absolute atomic E-state index is 11.2. The number of rotatable bonds is 11. The van der Waals surface area contributed by atoms with Gasteiger partial charge in [-0.05, 0) is 64.6 Å². The lowest BCUT2D eigenvalue weighted by Gasteiger charge is -2.30. The van der Waals surface area contributed by atoms with E-state index >= 15 is 0 Å². The van der Waals surface area contributed by atoms with Crippen LogP contribution in [0.1, 0.15) is 64.2 Å². The summed E-state index contributed by atoms with van der Waals surface area (Å²) < 4.78 is 5.96. The first-order valence-electron chi connectivity index (χ1n) is 11.3. The van der Waals surface area contributed by atoms with Crippen molar-refractivity contribution in [2.24, 2.45) is 16.6 Å². The molecule has 0 bridgehead atoms. The van der Waals surface area contributed by atoms with Crippen molar-refractivity contribution in [2.75, 3.05) is 46.4 Å². The molecule has 7 heteroatoms. The summed E-state index contributed by atoms with van der Waals surface area (Å²) in [6.45, 7) is 5.73. The molecule has 2 aliphatic rings. The summed E-state index contributed by atoms with van der Waals surface area (Å²) in [5.74, 6) is 0.823. The van der Waals surface area contributed by atoms with Gasteiger partial charge in [0, 0.05) is 32.7 Å². The zero-order valence-electron chi connectivity index (χ0n) is 17.8. The van der Waals surface area contributed by atoms with Crippen LogP contribution in [0, 0.1) is 5.92 Å². The number of ether oxygens (including phenoxy) is 1. The van der Waals surface area contributed by atoms with Crippen molar-refractivity contribution >= 4 is 11.9 Å². The second kappa shape index (κ2) is 13.8. The fourth-order valence-electron chi connectivity index (χ4n) is 4.09. The van der Waals surface area contributed by atoms with E-state index in [2.05, 4.69) is 20.5 Å². The highest BCUT2D eigenvalue weighted by molar-refractivity contribution is 5.79. The highest BCUT2D eigenvalue weighted by Crippen LogP contribution is 2.20. The Kier molecular flexibility index (Phi) is 11.3. The number of amides is 1.